The van der Waals surface area contributed by atoms with Crippen molar-refractivity contribution >= 4 is 5.91 Å². The molecule has 17 heavy (non-hydrogen) atoms. The lowest BCUT2D eigenvalue weighted by molar-refractivity contribution is -0.123. The van der Waals surface area contributed by atoms with Crippen LogP contribution in [0.15, 0.2) is 36.6 Å². The highest BCUT2D eigenvalue weighted by Crippen LogP contribution is 2.12. The van der Waals surface area contributed by atoms with Gasteiger partial charge in [-0.3, -0.25) is 4.79 Å². The lowest BCUT2D eigenvalue weighted by Gasteiger charge is -2.13. The molecular formula is C15H25NO. The molecule has 0 aliphatic carbocycles. The molecule has 1 N–H and O–H groups in total. The van der Waals surface area contributed by atoms with Crippen LogP contribution in [-0.2, 0) is 4.79 Å². The average molecular weight is 235 g/mol. The fraction of sp³-hybridized carbons (Fsp3) is 0.533. The molecule has 0 fully saturated rings. The second-order valence-corrected chi connectivity index (χ2v) is 5.07. The minimum Gasteiger partial charge on any atom is -0.326 e. The Morgan fingerprint density at radius 3 is 2.24 bits per heavy atom. The summed E-state index contributed by atoms with van der Waals surface area (Å²) in [6.45, 7) is 15.7. The standard InChI is InChI=1S/C15H25NO/c1-11(2)7-9-13(5)15(17)16-14(6)10-8-12(3)4/h8,10-11,13H,3,6-7,9H2,1-2,4-5H3,(H,16,17)/b10-8-. The number of carbonyl (C=O) groups is 1. The second kappa shape index (κ2) is 7.88. The van der Waals surface area contributed by atoms with Crippen molar-refractivity contribution < 1.29 is 4.79 Å². The van der Waals surface area contributed by atoms with Crippen LogP contribution in [0.3, 0.4) is 0 Å². The third kappa shape index (κ3) is 8.49. The van der Waals surface area contributed by atoms with E-state index in [2.05, 4.69) is 32.3 Å². The summed E-state index contributed by atoms with van der Waals surface area (Å²) in [6.07, 6.45) is 5.60. The largest absolute Gasteiger partial charge is 0.326 e. The molecule has 0 rings (SSSR count). The van der Waals surface area contributed by atoms with Crippen molar-refractivity contribution in [3.05, 3.63) is 36.6 Å². The van der Waals surface area contributed by atoms with Gasteiger partial charge in [0.1, 0.15) is 0 Å². The van der Waals surface area contributed by atoms with Crippen molar-refractivity contribution in [2.45, 2.75) is 40.5 Å². The van der Waals surface area contributed by atoms with E-state index in [1.165, 1.54) is 0 Å². The SMILES string of the molecule is C=C(C)/C=C\C(=C)NC(=O)C(C)CCC(C)C. The van der Waals surface area contributed by atoms with Crippen LogP contribution in [-0.4, -0.2) is 5.91 Å². The van der Waals surface area contributed by atoms with Gasteiger partial charge < -0.3 is 5.32 Å². The molecule has 0 heterocycles. The summed E-state index contributed by atoms with van der Waals surface area (Å²) in [5, 5.41) is 2.80. The summed E-state index contributed by atoms with van der Waals surface area (Å²) in [5.41, 5.74) is 1.56. The monoisotopic (exact) mass is 235 g/mol. The summed E-state index contributed by atoms with van der Waals surface area (Å²) in [6, 6.07) is 0. The number of carbonyl (C=O) groups excluding carboxylic acids is 1. The summed E-state index contributed by atoms with van der Waals surface area (Å²) in [5.74, 6) is 0.714. The second-order valence-electron chi connectivity index (χ2n) is 5.07. The van der Waals surface area contributed by atoms with E-state index in [1.807, 2.05) is 19.9 Å². The third-order valence-corrected chi connectivity index (χ3v) is 2.48. The van der Waals surface area contributed by atoms with Gasteiger partial charge >= 0.3 is 0 Å². The Hall–Kier alpha value is -1.31. The van der Waals surface area contributed by atoms with Crippen molar-refractivity contribution in [2.75, 3.05) is 0 Å². The van der Waals surface area contributed by atoms with Crippen molar-refractivity contribution in [1.29, 1.82) is 0 Å². The maximum Gasteiger partial charge on any atom is 0.227 e. The fourth-order valence-corrected chi connectivity index (χ4v) is 1.28. The summed E-state index contributed by atoms with van der Waals surface area (Å²) < 4.78 is 0. The third-order valence-electron chi connectivity index (χ3n) is 2.48. The lowest BCUT2D eigenvalue weighted by Crippen LogP contribution is -2.27. The first kappa shape index (κ1) is 15.7. The van der Waals surface area contributed by atoms with Gasteiger partial charge in [0, 0.05) is 11.6 Å². The van der Waals surface area contributed by atoms with Crippen LogP contribution < -0.4 is 5.32 Å². The number of amides is 1. The van der Waals surface area contributed by atoms with Gasteiger partial charge in [0.25, 0.3) is 0 Å². The van der Waals surface area contributed by atoms with Crippen molar-refractivity contribution in [3.63, 3.8) is 0 Å². The van der Waals surface area contributed by atoms with Gasteiger partial charge in [-0.1, -0.05) is 52.0 Å². The van der Waals surface area contributed by atoms with Crippen LogP contribution in [0.5, 0.6) is 0 Å². The first-order valence-electron chi connectivity index (χ1n) is 6.16. The van der Waals surface area contributed by atoms with Crippen molar-refractivity contribution in [1.82, 2.24) is 5.32 Å². The van der Waals surface area contributed by atoms with Crippen LogP contribution in [0, 0.1) is 11.8 Å². The average Bonchev–Trinajstić information content (AvgIpc) is 2.22. The number of rotatable bonds is 7. The fourth-order valence-electron chi connectivity index (χ4n) is 1.28. The van der Waals surface area contributed by atoms with Gasteiger partial charge in [-0.05, 0) is 25.3 Å². The molecule has 0 aromatic heterocycles. The molecule has 0 aliphatic rings. The topological polar surface area (TPSA) is 29.1 Å². The highest BCUT2D eigenvalue weighted by Gasteiger charge is 2.12. The number of nitrogens with one attached hydrogen (secondary N) is 1. The predicted molar refractivity (Wildman–Crippen MR) is 74.5 cm³/mol. The van der Waals surface area contributed by atoms with E-state index in [-0.39, 0.29) is 11.8 Å². The van der Waals surface area contributed by atoms with E-state index in [9.17, 15) is 4.79 Å². The zero-order valence-electron chi connectivity index (χ0n) is 11.5. The molecule has 0 aromatic carbocycles. The van der Waals surface area contributed by atoms with Gasteiger partial charge in [-0.15, -0.1) is 0 Å². The number of hydrogen-bond donors (Lipinski definition) is 1. The molecule has 0 saturated carbocycles. The molecule has 1 atom stereocenters. The van der Waals surface area contributed by atoms with E-state index in [1.54, 1.807) is 6.08 Å². The predicted octanol–water partition coefficient (Wildman–Crippen LogP) is 3.82. The van der Waals surface area contributed by atoms with Crippen LogP contribution in [0.1, 0.15) is 40.5 Å². The van der Waals surface area contributed by atoms with Gasteiger partial charge in [0.2, 0.25) is 5.91 Å². The Kier molecular flexibility index (Phi) is 7.27. The van der Waals surface area contributed by atoms with E-state index < -0.39 is 0 Å². The van der Waals surface area contributed by atoms with Gasteiger partial charge in [-0.2, -0.15) is 0 Å². The maximum absolute atomic E-state index is 11.8. The van der Waals surface area contributed by atoms with Crippen LogP contribution in [0.4, 0.5) is 0 Å². The Morgan fingerprint density at radius 1 is 1.18 bits per heavy atom. The molecule has 0 aliphatic heterocycles. The van der Waals surface area contributed by atoms with Crippen molar-refractivity contribution in [2.24, 2.45) is 11.8 Å². The zero-order chi connectivity index (χ0) is 13.4. The molecule has 1 unspecified atom stereocenters. The van der Waals surface area contributed by atoms with Crippen LogP contribution >= 0.6 is 0 Å². The first-order chi connectivity index (χ1) is 7.82. The highest BCUT2D eigenvalue weighted by atomic mass is 16.1. The molecule has 0 radical (unpaired) electrons. The maximum atomic E-state index is 11.8. The molecule has 2 nitrogen and oxygen atoms in total. The minimum atomic E-state index is 0.0346. The Bertz CT molecular complexity index is 313. The molecule has 1 amide bonds. The van der Waals surface area contributed by atoms with Crippen LogP contribution in [0.25, 0.3) is 0 Å². The molecule has 2 heteroatoms. The number of allylic oxidation sites excluding steroid dienone is 3. The van der Waals surface area contributed by atoms with E-state index in [0.717, 1.165) is 18.4 Å². The van der Waals surface area contributed by atoms with E-state index in [4.69, 9.17) is 0 Å². The quantitative estimate of drug-likeness (QED) is 0.668. The zero-order valence-corrected chi connectivity index (χ0v) is 11.5. The van der Waals surface area contributed by atoms with Crippen molar-refractivity contribution in [3.8, 4) is 0 Å². The molecule has 0 spiro atoms. The Balaban J connectivity index is 4.07. The molecule has 96 valence electrons. The smallest absolute Gasteiger partial charge is 0.227 e. The van der Waals surface area contributed by atoms with E-state index >= 15 is 0 Å². The Labute approximate surface area is 105 Å². The highest BCUT2D eigenvalue weighted by molar-refractivity contribution is 5.80. The lowest BCUT2D eigenvalue weighted by atomic mass is 9.99. The summed E-state index contributed by atoms with van der Waals surface area (Å²) in [7, 11) is 0. The molecular weight excluding hydrogens is 210 g/mol. The van der Waals surface area contributed by atoms with Gasteiger partial charge in [0.05, 0.1) is 0 Å². The summed E-state index contributed by atoms with van der Waals surface area (Å²) in [4.78, 5) is 11.8. The van der Waals surface area contributed by atoms with E-state index in [0.29, 0.717) is 11.6 Å². The molecule has 0 bridgehead atoms. The number of hydrogen-bond acceptors (Lipinski definition) is 1. The molecule has 0 aromatic rings. The first-order valence-corrected chi connectivity index (χ1v) is 6.16. The normalized spacial score (nSPS) is 12.8. The summed E-state index contributed by atoms with van der Waals surface area (Å²) >= 11 is 0. The van der Waals surface area contributed by atoms with Crippen LogP contribution in [0.2, 0.25) is 0 Å². The van der Waals surface area contributed by atoms with Gasteiger partial charge in [0.15, 0.2) is 0 Å². The van der Waals surface area contributed by atoms with Gasteiger partial charge in [-0.25, -0.2) is 0 Å². The Morgan fingerprint density at radius 2 is 1.76 bits per heavy atom. The molecule has 0 saturated heterocycles. The minimum absolute atomic E-state index is 0.0346.